The number of carbonyl (C=O) groups is 2. The minimum atomic E-state index is -0.403. The summed E-state index contributed by atoms with van der Waals surface area (Å²) in [6, 6.07) is 0. The second kappa shape index (κ2) is 6.42. The van der Waals surface area contributed by atoms with E-state index in [-0.39, 0.29) is 25.5 Å². The summed E-state index contributed by atoms with van der Waals surface area (Å²) in [5.41, 5.74) is 0. The van der Waals surface area contributed by atoms with E-state index in [9.17, 15) is 9.59 Å². The molecule has 0 rings (SSSR count). The number of esters is 2. The fraction of sp³-hybridized carbons (Fsp3) is 0.750. The quantitative estimate of drug-likeness (QED) is 0.358. The van der Waals surface area contributed by atoms with Gasteiger partial charge in [0.2, 0.25) is 0 Å². The summed E-state index contributed by atoms with van der Waals surface area (Å²) in [4.78, 5) is 20.7. The zero-order valence-corrected chi connectivity index (χ0v) is 8.03. The first-order valence-corrected chi connectivity index (χ1v) is 3.90. The molecular formula is C8H14O5. The molecule has 0 aliphatic rings. The Morgan fingerprint density at radius 3 is 2.31 bits per heavy atom. The molecule has 0 spiro atoms. The van der Waals surface area contributed by atoms with E-state index in [1.54, 1.807) is 6.92 Å². The second-order valence-corrected chi connectivity index (χ2v) is 2.54. The summed E-state index contributed by atoms with van der Waals surface area (Å²) >= 11 is 0. The molecule has 0 bridgehead atoms. The van der Waals surface area contributed by atoms with Gasteiger partial charge in [-0.1, -0.05) is 0 Å². The predicted octanol–water partition coefficient (Wildman–Crippen LogP) is 0.475. The Morgan fingerprint density at radius 2 is 1.85 bits per heavy atom. The lowest BCUT2D eigenvalue weighted by Crippen LogP contribution is -2.20. The number of hydrogen-bond acceptors (Lipinski definition) is 5. The lowest BCUT2D eigenvalue weighted by Gasteiger charge is -2.11. The third-order valence-electron chi connectivity index (χ3n) is 1.07. The van der Waals surface area contributed by atoms with Crippen LogP contribution in [0.3, 0.4) is 0 Å². The molecule has 0 aliphatic heterocycles. The number of carbonyl (C=O) groups excluding carboxylic acids is 2. The topological polar surface area (TPSA) is 61.8 Å². The van der Waals surface area contributed by atoms with Crippen molar-refractivity contribution in [3.8, 4) is 0 Å². The van der Waals surface area contributed by atoms with E-state index in [0.717, 1.165) is 0 Å². The second-order valence-electron chi connectivity index (χ2n) is 2.54. The van der Waals surface area contributed by atoms with Crippen molar-refractivity contribution in [2.45, 2.75) is 26.9 Å². The highest BCUT2D eigenvalue weighted by atomic mass is 16.7. The molecule has 0 fully saturated rings. The van der Waals surface area contributed by atoms with Crippen LogP contribution in [-0.2, 0) is 23.8 Å². The van der Waals surface area contributed by atoms with Gasteiger partial charge in [-0.3, -0.25) is 9.59 Å². The van der Waals surface area contributed by atoms with Crippen LogP contribution in [0, 0.1) is 0 Å². The Bertz CT molecular complexity index is 177. The monoisotopic (exact) mass is 190 g/mol. The van der Waals surface area contributed by atoms with Crippen LogP contribution < -0.4 is 0 Å². The normalized spacial score (nSPS) is 11.9. The summed E-state index contributed by atoms with van der Waals surface area (Å²) in [6.07, 6.45) is -0.326. The zero-order valence-electron chi connectivity index (χ0n) is 8.03. The molecule has 76 valence electrons. The van der Waals surface area contributed by atoms with Crippen molar-refractivity contribution >= 4 is 11.9 Å². The molecule has 0 radical (unpaired) electrons. The van der Waals surface area contributed by atoms with E-state index in [1.165, 1.54) is 13.8 Å². The first-order chi connectivity index (χ1) is 6.02. The van der Waals surface area contributed by atoms with Crippen molar-refractivity contribution in [1.29, 1.82) is 0 Å². The van der Waals surface area contributed by atoms with Gasteiger partial charge in [0.1, 0.15) is 6.10 Å². The molecule has 0 heterocycles. The van der Waals surface area contributed by atoms with Crippen LogP contribution in [0.2, 0.25) is 0 Å². The average Bonchev–Trinajstić information content (AvgIpc) is 1.96. The minimum Gasteiger partial charge on any atom is -0.460 e. The van der Waals surface area contributed by atoms with Gasteiger partial charge in [0, 0.05) is 13.8 Å². The summed E-state index contributed by atoms with van der Waals surface area (Å²) in [5.74, 6) is -0.760. The van der Waals surface area contributed by atoms with Crippen LogP contribution in [0.4, 0.5) is 0 Å². The largest absolute Gasteiger partial charge is 0.460 e. The standard InChI is InChI=1S/C8H14O5/c1-6(13-8(3)10)4-11-5-12-7(2)9/h6H,4-5H2,1-3H3. The van der Waals surface area contributed by atoms with Crippen LogP contribution in [0.5, 0.6) is 0 Å². The summed E-state index contributed by atoms with van der Waals surface area (Å²) in [7, 11) is 0. The highest BCUT2D eigenvalue weighted by molar-refractivity contribution is 5.66. The molecule has 13 heavy (non-hydrogen) atoms. The van der Waals surface area contributed by atoms with Gasteiger partial charge < -0.3 is 14.2 Å². The first-order valence-electron chi connectivity index (χ1n) is 3.90. The molecule has 5 nitrogen and oxygen atoms in total. The molecule has 0 saturated heterocycles. The molecule has 0 saturated carbocycles. The maximum Gasteiger partial charge on any atom is 0.304 e. The van der Waals surface area contributed by atoms with Crippen molar-refractivity contribution < 1.29 is 23.8 Å². The molecule has 0 aromatic rings. The van der Waals surface area contributed by atoms with Crippen molar-refractivity contribution in [3.05, 3.63) is 0 Å². The van der Waals surface area contributed by atoms with Crippen LogP contribution in [0.1, 0.15) is 20.8 Å². The molecule has 1 unspecified atom stereocenters. The Hall–Kier alpha value is -1.10. The zero-order chi connectivity index (χ0) is 10.3. The van der Waals surface area contributed by atoms with Crippen LogP contribution in [0.15, 0.2) is 0 Å². The number of ether oxygens (including phenoxy) is 3. The fourth-order valence-electron chi connectivity index (χ4n) is 0.656. The lowest BCUT2D eigenvalue weighted by atomic mass is 10.4. The third kappa shape index (κ3) is 8.81. The average molecular weight is 190 g/mol. The smallest absolute Gasteiger partial charge is 0.304 e. The van der Waals surface area contributed by atoms with Crippen molar-refractivity contribution in [3.63, 3.8) is 0 Å². The maximum absolute atomic E-state index is 10.4. The minimum absolute atomic E-state index is 0.110. The highest BCUT2D eigenvalue weighted by Crippen LogP contribution is 1.92. The molecule has 0 amide bonds. The van der Waals surface area contributed by atoms with Gasteiger partial charge in [-0.05, 0) is 6.92 Å². The van der Waals surface area contributed by atoms with Crippen molar-refractivity contribution in [2.24, 2.45) is 0 Å². The van der Waals surface area contributed by atoms with Crippen LogP contribution in [-0.4, -0.2) is 31.4 Å². The van der Waals surface area contributed by atoms with Gasteiger partial charge in [-0.25, -0.2) is 0 Å². The number of hydrogen-bond donors (Lipinski definition) is 0. The predicted molar refractivity (Wildman–Crippen MR) is 43.8 cm³/mol. The maximum atomic E-state index is 10.4. The van der Waals surface area contributed by atoms with Gasteiger partial charge in [0.25, 0.3) is 0 Å². The summed E-state index contributed by atoms with van der Waals surface area (Å²) in [6.45, 7) is 4.41. The van der Waals surface area contributed by atoms with E-state index >= 15 is 0 Å². The van der Waals surface area contributed by atoms with Crippen LogP contribution >= 0.6 is 0 Å². The van der Waals surface area contributed by atoms with Crippen molar-refractivity contribution in [1.82, 2.24) is 0 Å². The summed E-state index contributed by atoms with van der Waals surface area (Å²) < 4.78 is 14.1. The Morgan fingerprint density at radius 1 is 1.23 bits per heavy atom. The van der Waals surface area contributed by atoms with Gasteiger partial charge in [-0.2, -0.15) is 0 Å². The fourth-order valence-corrected chi connectivity index (χ4v) is 0.656. The molecule has 0 aliphatic carbocycles. The van der Waals surface area contributed by atoms with E-state index in [1.807, 2.05) is 0 Å². The highest BCUT2D eigenvalue weighted by Gasteiger charge is 2.04. The first kappa shape index (κ1) is 11.9. The molecule has 0 aromatic carbocycles. The van der Waals surface area contributed by atoms with Crippen molar-refractivity contribution in [2.75, 3.05) is 13.4 Å². The molecule has 0 aromatic heterocycles. The molecular weight excluding hydrogens is 176 g/mol. The number of rotatable bonds is 5. The molecule has 0 N–H and O–H groups in total. The van der Waals surface area contributed by atoms with Gasteiger partial charge in [0.05, 0.1) is 6.61 Å². The lowest BCUT2D eigenvalue weighted by molar-refractivity contribution is -0.161. The van der Waals surface area contributed by atoms with Gasteiger partial charge in [0.15, 0.2) is 6.79 Å². The van der Waals surface area contributed by atoms with E-state index < -0.39 is 5.97 Å². The van der Waals surface area contributed by atoms with E-state index in [0.29, 0.717) is 0 Å². The van der Waals surface area contributed by atoms with Crippen LogP contribution in [0.25, 0.3) is 0 Å². The third-order valence-corrected chi connectivity index (χ3v) is 1.07. The van der Waals surface area contributed by atoms with E-state index in [2.05, 4.69) is 4.74 Å². The Kier molecular flexibility index (Phi) is 5.88. The van der Waals surface area contributed by atoms with Gasteiger partial charge >= 0.3 is 11.9 Å². The molecule has 5 heteroatoms. The SMILES string of the molecule is CC(=O)OCOCC(C)OC(C)=O. The van der Waals surface area contributed by atoms with E-state index in [4.69, 9.17) is 9.47 Å². The van der Waals surface area contributed by atoms with Gasteiger partial charge in [-0.15, -0.1) is 0 Å². The Balaban J connectivity index is 3.31. The summed E-state index contributed by atoms with van der Waals surface area (Å²) in [5, 5.41) is 0. The molecule has 1 atom stereocenters. The Labute approximate surface area is 77.0 Å².